The Balaban J connectivity index is 1.44. The number of carbonyl (C=O) groups excluding carboxylic acids is 2. The van der Waals surface area contributed by atoms with Crippen LogP contribution in [0, 0.1) is 13.8 Å². The van der Waals surface area contributed by atoms with E-state index < -0.39 is 18.0 Å². The van der Waals surface area contributed by atoms with Crippen LogP contribution in [0.1, 0.15) is 51.1 Å². The fraction of sp³-hybridized carbons (Fsp3) is 0.312. The molecule has 12 nitrogen and oxygen atoms in total. The molecule has 1 unspecified atom stereocenters. The largest absolute Gasteiger partial charge is 0.496 e. The molecule has 0 bridgehead atoms. The zero-order chi connectivity index (χ0) is 31.4. The Kier molecular flexibility index (Phi) is 9.00. The number of tetrazole rings is 1. The number of hydrogen-bond donors (Lipinski definition) is 4. The summed E-state index contributed by atoms with van der Waals surface area (Å²) in [6.07, 6.45) is 0.294. The molecule has 1 aliphatic rings. The maximum atomic E-state index is 14.2. The van der Waals surface area contributed by atoms with Crippen LogP contribution in [0.15, 0.2) is 65.7 Å². The molecule has 44 heavy (non-hydrogen) atoms. The molecular weight excluding hydrogens is 558 g/mol. The number of aromatic amines is 1. The summed E-state index contributed by atoms with van der Waals surface area (Å²) in [7, 11) is 1.57. The topological polar surface area (TPSA) is 178 Å². The van der Waals surface area contributed by atoms with E-state index >= 15 is 0 Å². The Morgan fingerprint density at radius 3 is 2.45 bits per heavy atom. The Morgan fingerprint density at radius 2 is 1.82 bits per heavy atom. The van der Waals surface area contributed by atoms with Gasteiger partial charge in [0, 0.05) is 12.1 Å². The van der Waals surface area contributed by atoms with Crippen molar-refractivity contribution in [2.45, 2.75) is 51.9 Å². The van der Waals surface area contributed by atoms with Crippen molar-refractivity contribution < 1.29 is 14.3 Å². The summed E-state index contributed by atoms with van der Waals surface area (Å²) in [5, 5.41) is 17.9. The predicted molar refractivity (Wildman–Crippen MR) is 167 cm³/mol. The zero-order valence-electron chi connectivity index (χ0n) is 25.2. The number of carbonyl (C=O) groups is 2. The summed E-state index contributed by atoms with van der Waals surface area (Å²) in [4.78, 5) is 32.5. The molecule has 4 aromatic rings. The highest BCUT2D eigenvalue weighted by atomic mass is 16.5. The van der Waals surface area contributed by atoms with Crippen LogP contribution in [0.25, 0.3) is 11.4 Å². The van der Waals surface area contributed by atoms with Crippen molar-refractivity contribution in [3.05, 3.63) is 94.0 Å². The summed E-state index contributed by atoms with van der Waals surface area (Å²) in [6.45, 7) is 6.55. The molecule has 6 N–H and O–H groups in total. The van der Waals surface area contributed by atoms with Crippen LogP contribution >= 0.6 is 0 Å². The highest BCUT2D eigenvalue weighted by Gasteiger charge is 2.32. The summed E-state index contributed by atoms with van der Waals surface area (Å²) in [6, 6.07) is 17.9. The highest BCUT2D eigenvalue weighted by Crippen LogP contribution is 2.29. The number of H-pyrrole nitrogens is 1. The summed E-state index contributed by atoms with van der Waals surface area (Å²) < 4.78 is 5.53. The molecule has 5 rings (SSSR count). The van der Waals surface area contributed by atoms with Crippen molar-refractivity contribution in [1.82, 2.24) is 30.8 Å². The van der Waals surface area contributed by atoms with E-state index in [1.54, 1.807) is 24.1 Å². The second-order valence-electron chi connectivity index (χ2n) is 11.0. The van der Waals surface area contributed by atoms with Crippen LogP contribution in [0.3, 0.4) is 0 Å². The molecule has 228 valence electrons. The van der Waals surface area contributed by atoms with Gasteiger partial charge in [-0.25, -0.2) is 0 Å². The van der Waals surface area contributed by atoms with Crippen LogP contribution < -0.4 is 21.5 Å². The number of nitrogens with zero attached hydrogens (tertiary/aromatic N) is 5. The third-order valence-electron chi connectivity index (χ3n) is 8.04. The smallest absolute Gasteiger partial charge is 0.248 e. The van der Waals surface area contributed by atoms with E-state index in [0.717, 1.165) is 27.8 Å². The third kappa shape index (κ3) is 6.45. The number of amidine groups is 1. The summed E-state index contributed by atoms with van der Waals surface area (Å²) >= 11 is 0. The Hall–Kier alpha value is -5.10. The molecule has 2 heterocycles. The van der Waals surface area contributed by atoms with E-state index in [9.17, 15) is 9.59 Å². The predicted octanol–water partition coefficient (Wildman–Crippen LogP) is 2.62. The van der Waals surface area contributed by atoms with Gasteiger partial charge in [0.2, 0.25) is 17.6 Å². The van der Waals surface area contributed by atoms with Gasteiger partial charge in [-0.2, -0.15) is 5.21 Å². The second kappa shape index (κ2) is 13.0. The number of methoxy groups -OCH3 is 1. The molecule has 0 spiro atoms. The van der Waals surface area contributed by atoms with Gasteiger partial charge in [-0.05, 0) is 84.5 Å². The lowest BCUT2D eigenvalue weighted by molar-refractivity contribution is -0.134. The van der Waals surface area contributed by atoms with Gasteiger partial charge in [-0.1, -0.05) is 36.4 Å². The lowest BCUT2D eigenvalue weighted by Crippen LogP contribution is -2.52. The van der Waals surface area contributed by atoms with Crippen molar-refractivity contribution in [2.75, 3.05) is 13.7 Å². The van der Waals surface area contributed by atoms with Gasteiger partial charge in [0.25, 0.3) is 0 Å². The van der Waals surface area contributed by atoms with Crippen LogP contribution in [-0.2, 0) is 17.8 Å². The Bertz CT molecular complexity index is 1650. The molecule has 3 atom stereocenters. The number of benzene rings is 3. The zero-order valence-corrected chi connectivity index (χ0v) is 25.2. The van der Waals surface area contributed by atoms with E-state index in [-0.39, 0.29) is 18.5 Å². The molecular formula is C32H37N9O3. The van der Waals surface area contributed by atoms with Crippen LogP contribution in [0.4, 0.5) is 0 Å². The van der Waals surface area contributed by atoms with Gasteiger partial charge in [-0.15, -0.1) is 10.2 Å². The van der Waals surface area contributed by atoms with Gasteiger partial charge in [0.1, 0.15) is 11.6 Å². The van der Waals surface area contributed by atoms with E-state index in [4.69, 9.17) is 21.2 Å². The van der Waals surface area contributed by atoms with Crippen LogP contribution in [-0.4, -0.2) is 68.9 Å². The fourth-order valence-corrected chi connectivity index (χ4v) is 5.62. The second-order valence-corrected chi connectivity index (χ2v) is 11.0. The number of primary amides is 1. The number of aliphatic imine (C=N–C) groups is 1. The van der Waals surface area contributed by atoms with E-state index in [2.05, 4.69) is 38.1 Å². The number of aromatic nitrogens is 4. The summed E-state index contributed by atoms with van der Waals surface area (Å²) in [5.74, 6) is 0.936. The molecule has 0 radical (unpaired) electrons. The first-order valence-corrected chi connectivity index (χ1v) is 14.4. The quantitative estimate of drug-likeness (QED) is 0.204. The van der Waals surface area contributed by atoms with Crippen molar-refractivity contribution in [3.63, 3.8) is 0 Å². The molecule has 1 aliphatic heterocycles. The number of ether oxygens (including phenoxy) is 1. The minimum Gasteiger partial charge on any atom is -0.496 e. The molecule has 12 heteroatoms. The third-order valence-corrected chi connectivity index (χ3v) is 8.04. The summed E-state index contributed by atoms with van der Waals surface area (Å²) in [5.41, 5.74) is 17.8. The van der Waals surface area contributed by atoms with E-state index in [1.165, 1.54) is 0 Å². The van der Waals surface area contributed by atoms with Gasteiger partial charge in [0.05, 0.1) is 37.3 Å². The Morgan fingerprint density at radius 1 is 1.09 bits per heavy atom. The number of rotatable bonds is 11. The van der Waals surface area contributed by atoms with Gasteiger partial charge in [-0.3, -0.25) is 14.6 Å². The molecule has 3 aromatic carbocycles. The number of hydrogen-bond acceptors (Lipinski definition) is 9. The van der Waals surface area contributed by atoms with Crippen molar-refractivity contribution in [3.8, 4) is 17.1 Å². The van der Waals surface area contributed by atoms with Gasteiger partial charge < -0.3 is 26.4 Å². The first-order chi connectivity index (χ1) is 21.2. The minimum atomic E-state index is -0.851. The highest BCUT2D eigenvalue weighted by molar-refractivity contribution is 5.94. The number of amides is 2. The molecule has 1 aromatic heterocycles. The molecule has 0 saturated carbocycles. The van der Waals surface area contributed by atoms with Crippen molar-refractivity contribution in [1.29, 1.82) is 0 Å². The number of aryl methyl sites for hydroxylation is 2. The molecule has 0 fully saturated rings. The molecule has 2 amide bonds. The maximum Gasteiger partial charge on any atom is 0.248 e. The number of nitrogens with one attached hydrogen (secondary N) is 2. The molecule has 0 aliphatic carbocycles. The first-order valence-electron chi connectivity index (χ1n) is 14.4. The standard InChI is InChI=1S/C32H37N9O3/c1-18-12-23(29(34)42)13-19(2)24(18)15-26(33)32(43)41(20(3)30-35-16-27(36-30)22-8-6-5-7-9-22)17-21-10-11-28(44-4)25(14-21)31-37-39-40-38-31/h5-14,20,26-27H,15-17,33H2,1-4H3,(H2,34,42)(H,35,36)(H,37,38,39,40)/t20-,26-,27?/m0/s1. The fourth-order valence-electron chi connectivity index (χ4n) is 5.62. The van der Waals surface area contributed by atoms with Crippen molar-refractivity contribution in [2.24, 2.45) is 16.5 Å². The lowest BCUT2D eigenvalue weighted by atomic mass is 9.93. The van der Waals surface area contributed by atoms with Gasteiger partial charge in [0.15, 0.2) is 0 Å². The molecule has 0 saturated heterocycles. The monoisotopic (exact) mass is 595 g/mol. The SMILES string of the molecule is COc1ccc(CN(C(=O)[C@@H](N)Cc2c(C)cc(C(N)=O)cc2C)[C@@H](C)C2=NCC(c3ccccc3)N2)cc1-c1nn[nH]n1. The Labute approximate surface area is 255 Å². The average Bonchev–Trinajstić information content (AvgIpc) is 3.74. The van der Waals surface area contributed by atoms with E-state index in [1.807, 2.05) is 57.2 Å². The minimum absolute atomic E-state index is 0.0131. The average molecular weight is 596 g/mol. The van der Waals surface area contributed by atoms with Crippen molar-refractivity contribution >= 4 is 17.6 Å². The normalized spacial score (nSPS) is 15.7. The van der Waals surface area contributed by atoms with Crippen LogP contribution in [0.5, 0.6) is 5.75 Å². The maximum absolute atomic E-state index is 14.2. The first kappa shape index (κ1) is 30.4. The lowest BCUT2D eigenvalue weighted by Gasteiger charge is -2.32. The van der Waals surface area contributed by atoms with E-state index in [0.29, 0.717) is 41.5 Å². The van der Waals surface area contributed by atoms with Gasteiger partial charge >= 0.3 is 0 Å². The number of nitrogens with two attached hydrogens (primary N) is 2. The van der Waals surface area contributed by atoms with Crippen LogP contribution in [0.2, 0.25) is 0 Å².